The van der Waals surface area contributed by atoms with Crippen LogP contribution in [0.15, 0.2) is 48.5 Å². The van der Waals surface area contributed by atoms with Crippen LogP contribution < -0.4 is 21.5 Å². The molecule has 0 aromatic heterocycles. The summed E-state index contributed by atoms with van der Waals surface area (Å²) in [6, 6.07) is 13.8. The van der Waals surface area contributed by atoms with Gasteiger partial charge in [-0.15, -0.1) is 0 Å². The van der Waals surface area contributed by atoms with Crippen LogP contribution in [0.4, 0.5) is 0 Å². The molecule has 162 valence electrons. The van der Waals surface area contributed by atoms with Gasteiger partial charge in [-0.3, -0.25) is 30.6 Å². The molecule has 3 amide bonds. The number of hydrogen-bond donors (Lipinski definition) is 4. The molecule has 7 nitrogen and oxygen atoms in total. The third-order valence-corrected chi connectivity index (χ3v) is 5.39. The van der Waals surface area contributed by atoms with Crippen LogP contribution in [0, 0.1) is 5.92 Å². The van der Waals surface area contributed by atoms with Gasteiger partial charge in [0.15, 0.2) is 5.11 Å². The summed E-state index contributed by atoms with van der Waals surface area (Å²) >= 11 is 5.02. The van der Waals surface area contributed by atoms with Crippen LogP contribution in [-0.4, -0.2) is 29.4 Å². The standard InChI is InChI=1S/C23H26N4O3S/c28-20(14-13-17-11-6-10-16-7-4-5-12-19(16)17)25-23(31)27-26-21(29)15-24-22(30)18-8-2-1-3-9-18/h4-7,10-14,18H,1-3,8-9,15H2,(H,24,30)(H,26,29)(H2,25,27,28,31)/b14-13+. The van der Waals surface area contributed by atoms with E-state index < -0.39 is 11.8 Å². The zero-order chi connectivity index (χ0) is 22.1. The summed E-state index contributed by atoms with van der Waals surface area (Å²) in [4.78, 5) is 36.0. The molecule has 2 aromatic carbocycles. The third kappa shape index (κ3) is 6.89. The van der Waals surface area contributed by atoms with E-state index in [1.807, 2.05) is 42.5 Å². The fourth-order valence-electron chi connectivity index (χ4n) is 3.59. The lowest BCUT2D eigenvalue weighted by Crippen LogP contribution is -2.51. The van der Waals surface area contributed by atoms with Crippen molar-refractivity contribution in [2.75, 3.05) is 6.54 Å². The summed E-state index contributed by atoms with van der Waals surface area (Å²) in [5.74, 6) is -0.981. The average Bonchev–Trinajstić information content (AvgIpc) is 2.80. The van der Waals surface area contributed by atoms with E-state index in [0.29, 0.717) is 0 Å². The van der Waals surface area contributed by atoms with Crippen molar-refractivity contribution in [1.29, 1.82) is 0 Å². The number of carbonyl (C=O) groups is 3. The number of thiocarbonyl (C=S) groups is 1. The van der Waals surface area contributed by atoms with Crippen LogP contribution in [0.5, 0.6) is 0 Å². The van der Waals surface area contributed by atoms with Crippen LogP contribution in [0.2, 0.25) is 0 Å². The molecule has 31 heavy (non-hydrogen) atoms. The van der Waals surface area contributed by atoms with Gasteiger partial charge in [-0.25, -0.2) is 0 Å². The number of rotatable bonds is 5. The minimum Gasteiger partial charge on any atom is -0.347 e. The molecule has 1 aliphatic carbocycles. The molecule has 3 rings (SSSR count). The van der Waals surface area contributed by atoms with Gasteiger partial charge < -0.3 is 5.32 Å². The second kappa shape index (κ2) is 11.2. The molecule has 0 spiro atoms. The molecule has 0 saturated heterocycles. The Morgan fingerprint density at radius 3 is 2.52 bits per heavy atom. The van der Waals surface area contributed by atoms with Crippen LogP contribution in [0.1, 0.15) is 37.7 Å². The molecule has 0 atom stereocenters. The maximum atomic E-state index is 12.1. The molecule has 1 aliphatic rings. The van der Waals surface area contributed by atoms with Crippen LogP contribution >= 0.6 is 12.2 Å². The van der Waals surface area contributed by atoms with Gasteiger partial charge in [0.1, 0.15) is 0 Å². The van der Waals surface area contributed by atoms with E-state index in [-0.39, 0.29) is 23.5 Å². The maximum Gasteiger partial charge on any atom is 0.257 e. The van der Waals surface area contributed by atoms with Crippen molar-refractivity contribution < 1.29 is 14.4 Å². The highest BCUT2D eigenvalue weighted by atomic mass is 32.1. The number of amides is 3. The van der Waals surface area contributed by atoms with Gasteiger partial charge in [0.25, 0.3) is 5.91 Å². The fourth-order valence-corrected chi connectivity index (χ4v) is 3.74. The lowest BCUT2D eigenvalue weighted by molar-refractivity contribution is -0.129. The smallest absolute Gasteiger partial charge is 0.257 e. The van der Waals surface area contributed by atoms with Gasteiger partial charge in [0.05, 0.1) is 6.54 Å². The number of carbonyl (C=O) groups excluding carboxylic acids is 3. The van der Waals surface area contributed by atoms with Crippen LogP contribution in [0.25, 0.3) is 16.8 Å². The second-order valence-electron chi connectivity index (χ2n) is 7.45. The van der Waals surface area contributed by atoms with E-state index in [4.69, 9.17) is 12.2 Å². The lowest BCUT2D eigenvalue weighted by atomic mass is 9.89. The number of hydrogen-bond acceptors (Lipinski definition) is 4. The summed E-state index contributed by atoms with van der Waals surface area (Å²) in [5, 5.41) is 7.18. The van der Waals surface area contributed by atoms with Gasteiger partial charge >= 0.3 is 0 Å². The largest absolute Gasteiger partial charge is 0.347 e. The Kier molecular flexibility index (Phi) is 8.12. The highest BCUT2D eigenvalue weighted by Gasteiger charge is 2.21. The maximum absolute atomic E-state index is 12.1. The lowest BCUT2D eigenvalue weighted by Gasteiger charge is -2.20. The van der Waals surface area contributed by atoms with Crippen molar-refractivity contribution in [3.8, 4) is 0 Å². The summed E-state index contributed by atoms with van der Waals surface area (Å²) in [6.45, 7) is -0.153. The molecular formula is C23H26N4O3S. The van der Waals surface area contributed by atoms with Crippen molar-refractivity contribution in [1.82, 2.24) is 21.5 Å². The molecule has 0 radical (unpaired) electrons. The Hall–Kier alpha value is -3.26. The number of hydrazine groups is 1. The Morgan fingerprint density at radius 1 is 0.968 bits per heavy atom. The first kappa shape index (κ1) is 22.4. The van der Waals surface area contributed by atoms with E-state index in [1.165, 1.54) is 6.08 Å². The summed E-state index contributed by atoms with van der Waals surface area (Å²) in [7, 11) is 0. The summed E-state index contributed by atoms with van der Waals surface area (Å²) in [6.07, 6.45) is 8.09. The number of fused-ring (bicyclic) bond motifs is 1. The minimum atomic E-state index is -0.452. The number of benzene rings is 2. The van der Waals surface area contributed by atoms with E-state index >= 15 is 0 Å². The molecule has 8 heteroatoms. The summed E-state index contributed by atoms with van der Waals surface area (Å²) in [5.41, 5.74) is 5.73. The normalized spacial score (nSPS) is 14.2. The molecule has 0 bridgehead atoms. The van der Waals surface area contributed by atoms with Crippen molar-refractivity contribution in [3.05, 3.63) is 54.1 Å². The fraction of sp³-hybridized carbons (Fsp3) is 0.304. The van der Waals surface area contributed by atoms with Gasteiger partial charge in [-0.2, -0.15) is 0 Å². The minimum absolute atomic E-state index is 0.0107. The molecule has 2 aromatic rings. The predicted octanol–water partition coefficient (Wildman–Crippen LogP) is 2.57. The van der Waals surface area contributed by atoms with Crippen molar-refractivity contribution in [2.24, 2.45) is 5.92 Å². The second-order valence-corrected chi connectivity index (χ2v) is 7.85. The van der Waals surface area contributed by atoms with Crippen molar-refractivity contribution in [2.45, 2.75) is 32.1 Å². The Labute approximate surface area is 186 Å². The molecular weight excluding hydrogens is 412 g/mol. The van der Waals surface area contributed by atoms with Crippen LogP contribution in [0.3, 0.4) is 0 Å². The predicted molar refractivity (Wildman–Crippen MR) is 125 cm³/mol. The molecule has 4 N–H and O–H groups in total. The average molecular weight is 439 g/mol. The van der Waals surface area contributed by atoms with Gasteiger partial charge in [-0.1, -0.05) is 61.7 Å². The van der Waals surface area contributed by atoms with Crippen molar-refractivity contribution in [3.63, 3.8) is 0 Å². The van der Waals surface area contributed by atoms with E-state index in [2.05, 4.69) is 21.5 Å². The zero-order valence-electron chi connectivity index (χ0n) is 17.1. The molecule has 0 unspecified atom stereocenters. The van der Waals surface area contributed by atoms with Crippen LogP contribution in [-0.2, 0) is 14.4 Å². The van der Waals surface area contributed by atoms with E-state index in [1.54, 1.807) is 6.08 Å². The third-order valence-electron chi connectivity index (χ3n) is 5.19. The SMILES string of the molecule is O=C(/C=C/c1cccc2ccccc12)NC(=S)NNC(=O)CNC(=O)C1CCCCC1. The highest BCUT2D eigenvalue weighted by Crippen LogP contribution is 2.23. The Morgan fingerprint density at radius 2 is 1.71 bits per heavy atom. The van der Waals surface area contributed by atoms with E-state index in [9.17, 15) is 14.4 Å². The molecule has 0 aliphatic heterocycles. The number of nitrogens with one attached hydrogen (secondary N) is 4. The summed E-state index contributed by atoms with van der Waals surface area (Å²) < 4.78 is 0. The molecule has 0 heterocycles. The van der Waals surface area contributed by atoms with Gasteiger partial charge in [0, 0.05) is 12.0 Å². The quantitative estimate of drug-likeness (QED) is 0.327. The topological polar surface area (TPSA) is 99.3 Å². The van der Waals surface area contributed by atoms with Crippen molar-refractivity contribution >= 4 is 51.9 Å². The molecule has 1 fully saturated rings. The first-order chi connectivity index (χ1) is 15.0. The molecule has 1 saturated carbocycles. The van der Waals surface area contributed by atoms with Gasteiger partial charge in [-0.05, 0) is 47.5 Å². The highest BCUT2D eigenvalue weighted by molar-refractivity contribution is 7.80. The first-order valence-electron chi connectivity index (χ1n) is 10.4. The van der Waals surface area contributed by atoms with Gasteiger partial charge in [0.2, 0.25) is 11.8 Å². The monoisotopic (exact) mass is 438 g/mol. The zero-order valence-corrected chi connectivity index (χ0v) is 18.0. The Bertz CT molecular complexity index is 994. The Balaban J connectivity index is 1.39. The first-order valence-corrected chi connectivity index (χ1v) is 10.8. The van der Waals surface area contributed by atoms with E-state index in [0.717, 1.165) is 48.4 Å².